The number of carbonyl (C=O) groups excluding carboxylic acids is 1. The molecule has 24 heavy (non-hydrogen) atoms. The summed E-state index contributed by atoms with van der Waals surface area (Å²) in [5.41, 5.74) is 2.40. The van der Waals surface area contributed by atoms with Gasteiger partial charge >= 0.3 is 6.03 Å². The minimum atomic E-state index is -0.146. The van der Waals surface area contributed by atoms with Crippen LogP contribution in [0, 0.1) is 0 Å². The Labute approximate surface area is 145 Å². The molecule has 1 heterocycles. The van der Waals surface area contributed by atoms with E-state index in [9.17, 15) is 9.90 Å². The fourth-order valence-electron chi connectivity index (χ4n) is 3.11. The van der Waals surface area contributed by atoms with E-state index < -0.39 is 0 Å². The Morgan fingerprint density at radius 2 is 1.83 bits per heavy atom. The van der Waals surface area contributed by atoms with Crippen LogP contribution in [0.2, 0.25) is 0 Å². The number of aliphatic hydroxyl groups is 1. The number of aliphatic hydroxyl groups excluding tert-OH is 1. The van der Waals surface area contributed by atoms with Gasteiger partial charge in [-0.15, -0.1) is 0 Å². The first-order valence-electron chi connectivity index (χ1n) is 9.13. The molecule has 0 atom stereocenters. The van der Waals surface area contributed by atoms with E-state index in [4.69, 9.17) is 0 Å². The van der Waals surface area contributed by atoms with Crippen LogP contribution in [-0.2, 0) is 13.1 Å². The minimum absolute atomic E-state index is 0.0976. The Kier molecular flexibility index (Phi) is 7.53. The van der Waals surface area contributed by atoms with Gasteiger partial charge in [-0.2, -0.15) is 0 Å². The SMILES string of the molecule is CCC(CC)NC(=O)NCc1ccccc1CN1CCC(O)CC1. The predicted molar refractivity (Wildman–Crippen MR) is 96.7 cm³/mol. The lowest BCUT2D eigenvalue weighted by molar-refractivity contribution is 0.0791. The molecule has 1 aliphatic rings. The van der Waals surface area contributed by atoms with Crippen LogP contribution in [0.25, 0.3) is 0 Å². The number of nitrogens with one attached hydrogen (secondary N) is 2. The Morgan fingerprint density at radius 3 is 2.46 bits per heavy atom. The molecule has 0 aromatic heterocycles. The molecule has 0 aliphatic carbocycles. The van der Waals surface area contributed by atoms with Gasteiger partial charge in [0.25, 0.3) is 0 Å². The number of urea groups is 1. The predicted octanol–water partition coefficient (Wildman–Crippen LogP) is 2.63. The van der Waals surface area contributed by atoms with E-state index in [-0.39, 0.29) is 18.2 Å². The lowest BCUT2D eigenvalue weighted by Crippen LogP contribution is -2.41. The fraction of sp³-hybridized carbons (Fsp3) is 0.632. The van der Waals surface area contributed by atoms with Crippen LogP contribution in [0.1, 0.15) is 50.7 Å². The van der Waals surface area contributed by atoms with E-state index in [0.717, 1.165) is 50.9 Å². The van der Waals surface area contributed by atoms with Crippen LogP contribution in [0.15, 0.2) is 24.3 Å². The quantitative estimate of drug-likeness (QED) is 0.719. The van der Waals surface area contributed by atoms with Crippen LogP contribution in [0.4, 0.5) is 4.79 Å². The average molecular weight is 333 g/mol. The van der Waals surface area contributed by atoms with Crippen LogP contribution in [0.3, 0.4) is 0 Å². The van der Waals surface area contributed by atoms with E-state index in [2.05, 4.69) is 41.5 Å². The number of piperidine rings is 1. The lowest BCUT2D eigenvalue weighted by atomic mass is 10.0. The molecule has 5 heteroatoms. The molecule has 1 aliphatic heterocycles. The van der Waals surface area contributed by atoms with Gasteiger partial charge in [0, 0.05) is 32.2 Å². The molecule has 2 amide bonds. The van der Waals surface area contributed by atoms with Gasteiger partial charge in [-0.3, -0.25) is 4.90 Å². The van der Waals surface area contributed by atoms with Crippen molar-refractivity contribution in [3.05, 3.63) is 35.4 Å². The second kappa shape index (κ2) is 9.64. The zero-order valence-electron chi connectivity index (χ0n) is 14.9. The monoisotopic (exact) mass is 333 g/mol. The Balaban J connectivity index is 1.88. The van der Waals surface area contributed by atoms with E-state index in [1.807, 2.05) is 12.1 Å². The smallest absolute Gasteiger partial charge is 0.315 e. The van der Waals surface area contributed by atoms with Gasteiger partial charge in [0.2, 0.25) is 0 Å². The van der Waals surface area contributed by atoms with Crippen LogP contribution in [0.5, 0.6) is 0 Å². The molecule has 0 unspecified atom stereocenters. The molecule has 0 spiro atoms. The standard InChI is InChI=1S/C19H31N3O2/c1-3-17(4-2)21-19(24)20-13-15-7-5-6-8-16(15)14-22-11-9-18(23)10-12-22/h5-8,17-18,23H,3-4,9-14H2,1-2H3,(H2,20,21,24). The van der Waals surface area contributed by atoms with E-state index in [1.54, 1.807) is 0 Å². The first-order valence-corrected chi connectivity index (χ1v) is 9.13. The maximum Gasteiger partial charge on any atom is 0.315 e. The summed E-state index contributed by atoms with van der Waals surface area (Å²) >= 11 is 0. The van der Waals surface area contributed by atoms with Gasteiger partial charge in [0.15, 0.2) is 0 Å². The summed E-state index contributed by atoms with van der Waals surface area (Å²) < 4.78 is 0. The highest BCUT2D eigenvalue weighted by Gasteiger charge is 2.18. The van der Waals surface area contributed by atoms with Crippen molar-refractivity contribution in [3.8, 4) is 0 Å². The highest BCUT2D eigenvalue weighted by Crippen LogP contribution is 2.16. The number of nitrogens with zero attached hydrogens (tertiary/aromatic N) is 1. The molecule has 0 saturated carbocycles. The number of hydrogen-bond acceptors (Lipinski definition) is 3. The van der Waals surface area contributed by atoms with Gasteiger partial charge in [0.1, 0.15) is 0 Å². The van der Waals surface area contributed by atoms with Crippen molar-refractivity contribution in [1.29, 1.82) is 0 Å². The molecule has 1 fully saturated rings. The molecular formula is C19H31N3O2. The molecular weight excluding hydrogens is 302 g/mol. The van der Waals surface area contributed by atoms with Crippen molar-refractivity contribution in [3.63, 3.8) is 0 Å². The number of rotatable bonds is 7. The Bertz CT molecular complexity index is 509. The minimum Gasteiger partial charge on any atom is -0.393 e. The van der Waals surface area contributed by atoms with Crippen molar-refractivity contribution in [2.75, 3.05) is 13.1 Å². The summed E-state index contributed by atoms with van der Waals surface area (Å²) in [5.74, 6) is 0. The summed E-state index contributed by atoms with van der Waals surface area (Å²) in [7, 11) is 0. The maximum absolute atomic E-state index is 12.0. The van der Waals surface area contributed by atoms with Crippen molar-refractivity contribution < 1.29 is 9.90 Å². The number of benzene rings is 1. The van der Waals surface area contributed by atoms with Crippen molar-refractivity contribution in [2.24, 2.45) is 0 Å². The first kappa shape index (κ1) is 18.7. The topological polar surface area (TPSA) is 64.6 Å². The van der Waals surface area contributed by atoms with Crippen molar-refractivity contribution in [1.82, 2.24) is 15.5 Å². The first-order chi connectivity index (χ1) is 11.6. The summed E-state index contributed by atoms with van der Waals surface area (Å²) in [5, 5.41) is 15.6. The largest absolute Gasteiger partial charge is 0.393 e. The van der Waals surface area contributed by atoms with Crippen LogP contribution >= 0.6 is 0 Å². The summed E-state index contributed by atoms with van der Waals surface area (Å²) in [6.07, 6.45) is 3.44. The van der Waals surface area contributed by atoms with Crippen molar-refractivity contribution >= 4 is 6.03 Å². The molecule has 1 saturated heterocycles. The highest BCUT2D eigenvalue weighted by atomic mass is 16.3. The summed E-state index contributed by atoms with van der Waals surface area (Å²) in [4.78, 5) is 14.4. The van der Waals surface area contributed by atoms with E-state index in [0.29, 0.717) is 6.54 Å². The van der Waals surface area contributed by atoms with Gasteiger partial charge in [-0.25, -0.2) is 4.79 Å². The number of carbonyl (C=O) groups is 1. The van der Waals surface area contributed by atoms with Gasteiger partial charge in [0.05, 0.1) is 6.10 Å². The number of likely N-dealkylation sites (tertiary alicyclic amines) is 1. The van der Waals surface area contributed by atoms with Gasteiger partial charge in [-0.1, -0.05) is 38.1 Å². The Morgan fingerprint density at radius 1 is 1.21 bits per heavy atom. The third kappa shape index (κ3) is 5.80. The number of hydrogen-bond donors (Lipinski definition) is 3. The molecule has 1 aromatic carbocycles. The van der Waals surface area contributed by atoms with E-state index >= 15 is 0 Å². The van der Waals surface area contributed by atoms with Crippen LogP contribution in [-0.4, -0.2) is 41.3 Å². The molecule has 5 nitrogen and oxygen atoms in total. The normalized spacial score (nSPS) is 16.3. The van der Waals surface area contributed by atoms with Gasteiger partial charge < -0.3 is 15.7 Å². The second-order valence-electron chi connectivity index (χ2n) is 6.62. The summed E-state index contributed by atoms with van der Waals surface area (Å²) in [6.45, 7) is 7.44. The average Bonchev–Trinajstić information content (AvgIpc) is 2.61. The van der Waals surface area contributed by atoms with Gasteiger partial charge in [-0.05, 0) is 36.8 Å². The molecule has 1 aromatic rings. The zero-order valence-corrected chi connectivity index (χ0v) is 14.9. The van der Waals surface area contributed by atoms with E-state index in [1.165, 1.54) is 5.56 Å². The third-order valence-electron chi connectivity index (χ3n) is 4.83. The molecule has 0 bridgehead atoms. The van der Waals surface area contributed by atoms with Crippen LogP contribution < -0.4 is 10.6 Å². The zero-order chi connectivity index (χ0) is 17.4. The number of amides is 2. The second-order valence-corrected chi connectivity index (χ2v) is 6.62. The molecule has 2 rings (SSSR count). The fourth-order valence-corrected chi connectivity index (χ4v) is 3.11. The van der Waals surface area contributed by atoms with Crippen molar-refractivity contribution in [2.45, 2.75) is 64.8 Å². The third-order valence-corrected chi connectivity index (χ3v) is 4.83. The molecule has 134 valence electrons. The maximum atomic E-state index is 12.0. The summed E-state index contributed by atoms with van der Waals surface area (Å²) in [6, 6.07) is 8.40. The molecule has 0 radical (unpaired) electrons. The lowest BCUT2D eigenvalue weighted by Gasteiger charge is -2.30. The Hall–Kier alpha value is -1.59. The highest BCUT2D eigenvalue weighted by molar-refractivity contribution is 5.74. The molecule has 3 N–H and O–H groups in total.